The summed E-state index contributed by atoms with van der Waals surface area (Å²) in [5.41, 5.74) is 1.16. The summed E-state index contributed by atoms with van der Waals surface area (Å²) in [5.74, 6) is -0.515. The van der Waals surface area contributed by atoms with Crippen molar-refractivity contribution in [1.29, 1.82) is 0 Å². The maximum atomic E-state index is 13.7. The van der Waals surface area contributed by atoms with Crippen LogP contribution in [0.15, 0.2) is 24.3 Å². The Morgan fingerprint density at radius 3 is 2.11 bits per heavy atom. The van der Waals surface area contributed by atoms with Gasteiger partial charge in [0, 0.05) is 12.6 Å². The molecule has 3 atom stereocenters. The molecule has 0 aromatic heterocycles. The van der Waals surface area contributed by atoms with E-state index in [2.05, 4.69) is 24.5 Å². The molecule has 0 heterocycles. The van der Waals surface area contributed by atoms with Crippen molar-refractivity contribution in [3.63, 3.8) is 0 Å². The highest BCUT2D eigenvalue weighted by Crippen LogP contribution is 2.24. The fourth-order valence-electron chi connectivity index (χ4n) is 3.92. The molecule has 7 nitrogen and oxygen atoms in total. The second-order valence-electron chi connectivity index (χ2n) is 10.5. The number of unbranched alkanes of at least 4 members (excludes halogenated alkanes) is 3. The minimum atomic E-state index is -0.843. The predicted molar refractivity (Wildman–Crippen MR) is 141 cm³/mol. The Labute approximate surface area is 212 Å². The number of nitrogens with one attached hydrogen (secondary N) is 2. The van der Waals surface area contributed by atoms with E-state index in [1.165, 1.54) is 0 Å². The highest BCUT2D eigenvalue weighted by atomic mass is 16.6. The first-order chi connectivity index (χ1) is 16.4. The van der Waals surface area contributed by atoms with E-state index in [1.807, 2.05) is 38.1 Å². The highest BCUT2D eigenvalue weighted by Gasteiger charge is 2.34. The smallest absolute Gasteiger partial charge is 0.408 e. The van der Waals surface area contributed by atoms with Crippen molar-refractivity contribution in [1.82, 2.24) is 15.5 Å². The first-order valence-corrected chi connectivity index (χ1v) is 13.1. The van der Waals surface area contributed by atoms with Crippen LogP contribution in [0.3, 0.4) is 0 Å². The number of carbonyl (C=O) groups excluding carboxylic acids is 3. The van der Waals surface area contributed by atoms with Crippen LogP contribution in [0.2, 0.25) is 0 Å². The fourth-order valence-corrected chi connectivity index (χ4v) is 3.92. The number of benzene rings is 1. The van der Waals surface area contributed by atoms with Crippen molar-refractivity contribution >= 4 is 17.9 Å². The second-order valence-corrected chi connectivity index (χ2v) is 10.5. The summed E-state index contributed by atoms with van der Waals surface area (Å²) in [6.07, 6.45) is 5.02. The summed E-state index contributed by atoms with van der Waals surface area (Å²) < 4.78 is 5.34. The number of amides is 3. The maximum Gasteiger partial charge on any atom is 0.408 e. The van der Waals surface area contributed by atoms with Gasteiger partial charge in [0.15, 0.2) is 0 Å². The minimum absolute atomic E-state index is 0.00481. The zero-order valence-corrected chi connectivity index (χ0v) is 23.1. The van der Waals surface area contributed by atoms with Crippen molar-refractivity contribution in [3.05, 3.63) is 35.4 Å². The van der Waals surface area contributed by atoms with Gasteiger partial charge in [0.05, 0.1) is 0 Å². The van der Waals surface area contributed by atoms with Crippen LogP contribution in [-0.4, -0.2) is 47.0 Å². The topological polar surface area (TPSA) is 87.7 Å². The third-order valence-electron chi connectivity index (χ3n) is 5.70. The molecular weight excluding hydrogens is 442 g/mol. The van der Waals surface area contributed by atoms with E-state index < -0.39 is 23.8 Å². The Bertz CT molecular complexity index is 801. The zero-order chi connectivity index (χ0) is 26.6. The van der Waals surface area contributed by atoms with E-state index in [4.69, 9.17) is 4.74 Å². The lowest BCUT2D eigenvalue weighted by Gasteiger charge is -2.34. The van der Waals surface area contributed by atoms with Crippen molar-refractivity contribution in [2.75, 3.05) is 6.54 Å². The molecule has 1 aromatic carbocycles. The van der Waals surface area contributed by atoms with E-state index in [0.717, 1.165) is 49.7 Å². The van der Waals surface area contributed by atoms with Crippen LogP contribution in [0, 0.1) is 6.92 Å². The van der Waals surface area contributed by atoms with E-state index >= 15 is 0 Å². The number of carbonyl (C=O) groups is 3. The van der Waals surface area contributed by atoms with Gasteiger partial charge in [-0.05, 0) is 59.9 Å². The number of rotatable bonds is 13. The lowest BCUT2D eigenvalue weighted by atomic mass is 10.0. The first kappa shape index (κ1) is 30.5. The Morgan fingerprint density at radius 1 is 0.943 bits per heavy atom. The summed E-state index contributed by atoms with van der Waals surface area (Å²) in [4.78, 5) is 41.2. The highest BCUT2D eigenvalue weighted by molar-refractivity contribution is 5.92. The van der Waals surface area contributed by atoms with Gasteiger partial charge in [-0.2, -0.15) is 0 Å². The molecule has 3 unspecified atom stereocenters. The molecule has 0 spiro atoms. The monoisotopic (exact) mass is 489 g/mol. The zero-order valence-electron chi connectivity index (χ0n) is 23.1. The molecule has 0 fully saturated rings. The van der Waals surface area contributed by atoms with Gasteiger partial charge in [0.1, 0.15) is 17.7 Å². The van der Waals surface area contributed by atoms with Crippen molar-refractivity contribution in [2.45, 2.75) is 118 Å². The number of nitrogens with zero attached hydrogens (tertiary/aromatic N) is 1. The number of ether oxygens (including phenoxy) is 1. The molecule has 2 N–H and O–H groups in total. The lowest BCUT2D eigenvalue weighted by molar-refractivity contribution is -0.142. The molecule has 0 aliphatic carbocycles. The molecule has 1 aromatic rings. The van der Waals surface area contributed by atoms with Gasteiger partial charge >= 0.3 is 6.09 Å². The quantitative estimate of drug-likeness (QED) is 0.350. The maximum absolute atomic E-state index is 13.7. The van der Waals surface area contributed by atoms with Crippen LogP contribution in [0.25, 0.3) is 0 Å². The average Bonchev–Trinajstić information content (AvgIpc) is 2.75. The summed E-state index contributed by atoms with van der Waals surface area (Å²) >= 11 is 0. The van der Waals surface area contributed by atoms with Gasteiger partial charge in [-0.25, -0.2) is 4.79 Å². The average molecular weight is 490 g/mol. The number of hydrogen-bond donors (Lipinski definition) is 2. The lowest BCUT2D eigenvalue weighted by Crippen LogP contribution is -2.52. The van der Waals surface area contributed by atoms with Crippen molar-refractivity contribution < 1.29 is 19.1 Å². The molecule has 7 heteroatoms. The van der Waals surface area contributed by atoms with E-state index in [1.54, 1.807) is 32.6 Å². The molecule has 0 aliphatic rings. The van der Waals surface area contributed by atoms with Gasteiger partial charge in [-0.15, -0.1) is 0 Å². The van der Waals surface area contributed by atoms with Crippen molar-refractivity contribution in [3.8, 4) is 0 Å². The van der Waals surface area contributed by atoms with Gasteiger partial charge in [0.2, 0.25) is 11.8 Å². The predicted octanol–water partition coefficient (Wildman–Crippen LogP) is 5.66. The third kappa shape index (κ3) is 11.1. The molecule has 3 amide bonds. The molecule has 35 heavy (non-hydrogen) atoms. The van der Waals surface area contributed by atoms with Crippen LogP contribution >= 0.6 is 0 Å². The Morgan fingerprint density at radius 2 is 1.57 bits per heavy atom. The van der Waals surface area contributed by atoms with Crippen LogP contribution < -0.4 is 10.6 Å². The summed E-state index contributed by atoms with van der Waals surface area (Å²) in [6, 6.07) is 6.08. The van der Waals surface area contributed by atoms with Gasteiger partial charge in [-0.1, -0.05) is 69.4 Å². The van der Waals surface area contributed by atoms with Crippen LogP contribution in [0.4, 0.5) is 4.79 Å². The van der Waals surface area contributed by atoms with Gasteiger partial charge < -0.3 is 20.3 Å². The summed E-state index contributed by atoms with van der Waals surface area (Å²) in [6.45, 7) is 15.6. The third-order valence-corrected chi connectivity index (χ3v) is 5.70. The number of aryl methyl sites for hydroxylation is 1. The summed E-state index contributed by atoms with van der Waals surface area (Å²) in [7, 11) is 0. The standard InChI is InChI=1S/C28H47N3O4/c1-9-11-12-13-19-31(26(33)22(5)30-27(34)35-28(6,7)8)24(23-17-15-20(3)16-18-23)25(32)29-21(4)14-10-2/h15-18,21-22,24H,9-14,19H2,1-8H3,(H,29,32)(H,30,34). The number of hydrogen-bond acceptors (Lipinski definition) is 4. The normalized spacial score (nSPS) is 13.9. The minimum Gasteiger partial charge on any atom is -0.444 e. The molecule has 1 rings (SSSR count). The molecule has 0 saturated carbocycles. The Kier molecular flexibility index (Phi) is 12.8. The van der Waals surface area contributed by atoms with E-state index in [-0.39, 0.29) is 17.9 Å². The largest absolute Gasteiger partial charge is 0.444 e. The second kappa shape index (κ2) is 14.7. The van der Waals surface area contributed by atoms with Crippen LogP contribution in [-0.2, 0) is 14.3 Å². The molecule has 0 bridgehead atoms. The fraction of sp³-hybridized carbons (Fsp3) is 0.679. The molecule has 0 radical (unpaired) electrons. The Balaban J connectivity index is 3.28. The molecule has 198 valence electrons. The molecular formula is C28H47N3O4. The summed E-state index contributed by atoms with van der Waals surface area (Å²) in [5, 5.41) is 5.75. The Hall–Kier alpha value is -2.57. The van der Waals surface area contributed by atoms with E-state index in [0.29, 0.717) is 6.54 Å². The molecule has 0 aliphatic heterocycles. The van der Waals surface area contributed by atoms with Crippen LogP contribution in [0.1, 0.15) is 104 Å². The molecule has 0 saturated heterocycles. The SMILES string of the molecule is CCCCCCN(C(=O)C(C)NC(=O)OC(C)(C)C)C(C(=O)NC(C)CCC)c1ccc(C)cc1. The first-order valence-electron chi connectivity index (χ1n) is 13.1. The van der Waals surface area contributed by atoms with E-state index in [9.17, 15) is 14.4 Å². The van der Waals surface area contributed by atoms with Gasteiger partial charge in [0.25, 0.3) is 0 Å². The van der Waals surface area contributed by atoms with Crippen LogP contribution in [0.5, 0.6) is 0 Å². The number of alkyl carbamates (subject to hydrolysis) is 1. The van der Waals surface area contributed by atoms with Crippen molar-refractivity contribution in [2.24, 2.45) is 0 Å². The van der Waals surface area contributed by atoms with Gasteiger partial charge in [-0.3, -0.25) is 9.59 Å².